The Kier molecular flexibility index (Phi) is 5.49. The summed E-state index contributed by atoms with van der Waals surface area (Å²) in [5.41, 5.74) is -0.199. The molecule has 0 bridgehead atoms. The van der Waals surface area contributed by atoms with Gasteiger partial charge < -0.3 is 10.3 Å². The van der Waals surface area contributed by atoms with Crippen LogP contribution < -0.4 is 15.6 Å². The normalized spacial score (nSPS) is 11.8. The maximum atomic E-state index is 11.4. The van der Waals surface area contributed by atoms with Gasteiger partial charge in [-0.05, 0) is 6.42 Å². The predicted molar refractivity (Wildman–Crippen MR) is 74.9 cm³/mol. The number of anilines is 1. The van der Waals surface area contributed by atoms with E-state index >= 15 is 0 Å². The van der Waals surface area contributed by atoms with Crippen LogP contribution in [0.2, 0.25) is 0 Å². The summed E-state index contributed by atoms with van der Waals surface area (Å²) in [6.07, 6.45) is 1.73. The Morgan fingerprint density at radius 3 is 2.63 bits per heavy atom. The summed E-state index contributed by atoms with van der Waals surface area (Å²) in [4.78, 5) is 18.4. The van der Waals surface area contributed by atoms with Gasteiger partial charge in [-0.15, -0.1) is 0 Å². The molecule has 0 spiro atoms. The third kappa shape index (κ3) is 6.35. The molecule has 1 aromatic rings. The minimum Gasteiger partial charge on any atom is -0.370 e. The predicted octanol–water partition coefficient (Wildman–Crippen LogP) is 0.245. The number of sulfonamides is 1. The Balaban J connectivity index is 2.48. The summed E-state index contributed by atoms with van der Waals surface area (Å²) < 4.78 is 24.1. The second-order valence-corrected chi connectivity index (χ2v) is 6.45. The van der Waals surface area contributed by atoms with Crippen molar-refractivity contribution in [2.75, 3.05) is 24.7 Å². The van der Waals surface area contributed by atoms with E-state index in [9.17, 15) is 13.2 Å². The van der Waals surface area contributed by atoms with Crippen molar-refractivity contribution in [2.24, 2.45) is 0 Å². The average Bonchev–Trinajstić information content (AvgIpc) is 2.26. The van der Waals surface area contributed by atoms with Crippen molar-refractivity contribution in [3.05, 3.63) is 22.2 Å². The monoisotopic (exact) mass is 288 g/mol. The number of aromatic amines is 1. The molecule has 1 heterocycles. The van der Waals surface area contributed by atoms with Gasteiger partial charge >= 0.3 is 0 Å². The van der Waals surface area contributed by atoms with Crippen LogP contribution in [-0.2, 0) is 10.0 Å². The van der Waals surface area contributed by atoms with Gasteiger partial charge in [-0.25, -0.2) is 18.1 Å². The standard InChI is InChI=1S/C11H20N4O3S/c1-8(2)11-14-9(7-10(16)15-11)12-5-4-6-13-19(3,17)18/h7-8,13H,4-6H2,1-3H3,(H2,12,14,15,16). The van der Waals surface area contributed by atoms with Crippen LogP contribution in [0.15, 0.2) is 10.9 Å². The lowest BCUT2D eigenvalue weighted by Crippen LogP contribution is -2.24. The van der Waals surface area contributed by atoms with Gasteiger partial charge in [0.05, 0.1) is 6.26 Å². The summed E-state index contributed by atoms with van der Waals surface area (Å²) in [6, 6.07) is 1.38. The van der Waals surface area contributed by atoms with Gasteiger partial charge in [0.1, 0.15) is 11.6 Å². The van der Waals surface area contributed by atoms with Gasteiger partial charge in [0.25, 0.3) is 5.56 Å². The van der Waals surface area contributed by atoms with Crippen LogP contribution in [0.4, 0.5) is 5.82 Å². The summed E-state index contributed by atoms with van der Waals surface area (Å²) >= 11 is 0. The van der Waals surface area contributed by atoms with Crippen molar-refractivity contribution in [1.82, 2.24) is 14.7 Å². The molecule has 7 nitrogen and oxygen atoms in total. The van der Waals surface area contributed by atoms with Crippen molar-refractivity contribution in [1.29, 1.82) is 0 Å². The molecule has 0 atom stereocenters. The van der Waals surface area contributed by atoms with Crippen LogP contribution in [0.1, 0.15) is 32.0 Å². The van der Waals surface area contributed by atoms with Crippen LogP contribution in [0.5, 0.6) is 0 Å². The molecule has 0 aliphatic rings. The zero-order chi connectivity index (χ0) is 14.5. The minimum absolute atomic E-state index is 0.140. The van der Waals surface area contributed by atoms with Crippen LogP contribution in [0.3, 0.4) is 0 Å². The summed E-state index contributed by atoms with van der Waals surface area (Å²) in [7, 11) is -3.14. The van der Waals surface area contributed by atoms with E-state index in [4.69, 9.17) is 0 Å². The average molecular weight is 288 g/mol. The van der Waals surface area contributed by atoms with Crippen LogP contribution >= 0.6 is 0 Å². The maximum Gasteiger partial charge on any atom is 0.252 e. The van der Waals surface area contributed by atoms with Gasteiger partial charge in [0, 0.05) is 25.1 Å². The van der Waals surface area contributed by atoms with E-state index in [2.05, 4.69) is 20.0 Å². The SMILES string of the molecule is CC(C)c1nc(NCCCNS(C)(=O)=O)cc(=O)[nH]1. The van der Waals surface area contributed by atoms with Gasteiger partial charge in [-0.1, -0.05) is 13.8 Å². The number of hydrogen-bond donors (Lipinski definition) is 3. The summed E-state index contributed by atoms with van der Waals surface area (Å²) in [5.74, 6) is 1.28. The lowest BCUT2D eigenvalue weighted by atomic mass is 10.2. The van der Waals surface area contributed by atoms with E-state index in [1.807, 2.05) is 13.8 Å². The fraction of sp³-hybridized carbons (Fsp3) is 0.636. The first kappa shape index (κ1) is 15.6. The van der Waals surface area contributed by atoms with E-state index < -0.39 is 10.0 Å². The van der Waals surface area contributed by atoms with Gasteiger partial charge in [-0.3, -0.25) is 4.79 Å². The van der Waals surface area contributed by atoms with Gasteiger partial charge in [0.2, 0.25) is 10.0 Å². The van der Waals surface area contributed by atoms with Crippen molar-refractivity contribution in [3.8, 4) is 0 Å². The van der Waals surface area contributed by atoms with E-state index in [-0.39, 0.29) is 11.5 Å². The number of aromatic nitrogens is 2. The van der Waals surface area contributed by atoms with Crippen LogP contribution in [0.25, 0.3) is 0 Å². The Morgan fingerprint density at radius 2 is 2.05 bits per heavy atom. The largest absolute Gasteiger partial charge is 0.370 e. The van der Waals surface area contributed by atoms with Crippen molar-refractivity contribution >= 4 is 15.8 Å². The molecule has 0 saturated heterocycles. The number of rotatable bonds is 7. The zero-order valence-electron chi connectivity index (χ0n) is 11.4. The minimum atomic E-state index is -3.14. The number of nitrogens with one attached hydrogen (secondary N) is 3. The molecule has 0 aliphatic carbocycles. The second kappa shape index (κ2) is 6.67. The second-order valence-electron chi connectivity index (χ2n) is 4.62. The van der Waals surface area contributed by atoms with Crippen molar-refractivity contribution in [2.45, 2.75) is 26.2 Å². The molecule has 3 N–H and O–H groups in total. The topological polar surface area (TPSA) is 104 Å². The van der Waals surface area contributed by atoms with Crippen LogP contribution in [0, 0.1) is 0 Å². The molecule has 0 saturated carbocycles. The van der Waals surface area contributed by atoms with E-state index in [1.54, 1.807) is 0 Å². The third-order valence-corrected chi connectivity index (χ3v) is 3.06. The molecule has 8 heteroatoms. The first-order valence-corrected chi connectivity index (χ1v) is 7.97. The Hall–Kier alpha value is -1.41. The smallest absolute Gasteiger partial charge is 0.252 e. The molecule has 0 fully saturated rings. The lowest BCUT2D eigenvalue weighted by Gasteiger charge is -2.09. The Labute approximate surface area is 112 Å². The Morgan fingerprint density at radius 1 is 1.37 bits per heavy atom. The summed E-state index contributed by atoms with van der Waals surface area (Å²) in [5, 5.41) is 3.00. The van der Waals surface area contributed by atoms with Crippen molar-refractivity contribution in [3.63, 3.8) is 0 Å². The van der Waals surface area contributed by atoms with Gasteiger partial charge in [0.15, 0.2) is 0 Å². The quantitative estimate of drug-likeness (QED) is 0.624. The molecule has 0 aliphatic heterocycles. The molecule has 19 heavy (non-hydrogen) atoms. The lowest BCUT2D eigenvalue weighted by molar-refractivity contribution is 0.586. The van der Waals surface area contributed by atoms with Crippen LogP contribution in [-0.4, -0.2) is 37.7 Å². The molecule has 0 unspecified atom stereocenters. The molecule has 0 radical (unpaired) electrons. The Bertz CT molecular complexity index is 566. The molecule has 0 aromatic carbocycles. The highest BCUT2D eigenvalue weighted by molar-refractivity contribution is 7.88. The number of hydrogen-bond acceptors (Lipinski definition) is 5. The molecular weight excluding hydrogens is 268 g/mol. The number of nitrogens with zero attached hydrogens (tertiary/aromatic N) is 1. The third-order valence-electron chi connectivity index (χ3n) is 2.33. The van der Waals surface area contributed by atoms with E-state index in [0.717, 1.165) is 6.26 Å². The molecule has 0 amide bonds. The first-order valence-electron chi connectivity index (χ1n) is 6.07. The number of H-pyrrole nitrogens is 1. The molecule has 1 rings (SSSR count). The summed E-state index contributed by atoms with van der Waals surface area (Å²) in [6.45, 7) is 4.78. The van der Waals surface area contributed by atoms with E-state index in [0.29, 0.717) is 31.2 Å². The fourth-order valence-electron chi connectivity index (χ4n) is 1.40. The zero-order valence-corrected chi connectivity index (χ0v) is 12.2. The fourth-order valence-corrected chi connectivity index (χ4v) is 1.92. The highest BCUT2D eigenvalue weighted by Crippen LogP contribution is 2.08. The molecule has 108 valence electrons. The molecular formula is C11H20N4O3S. The maximum absolute atomic E-state index is 11.4. The molecule has 1 aromatic heterocycles. The highest BCUT2D eigenvalue weighted by atomic mass is 32.2. The van der Waals surface area contributed by atoms with E-state index in [1.165, 1.54) is 6.07 Å². The first-order chi connectivity index (χ1) is 8.78. The highest BCUT2D eigenvalue weighted by Gasteiger charge is 2.05. The van der Waals surface area contributed by atoms with Crippen molar-refractivity contribution < 1.29 is 8.42 Å². The van der Waals surface area contributed by atoms with Gasteiger partial charge in [-0.2, -0.15) is 0 Å².